The summed E-state index contributed by atoms with van der Waals surface area (Å²) in [6.45, 7) is 3.98. The van der Waals surface area contributed by atoms with E-state index in [0.717, 1.165) is 17.2 Å². The van der Waals surface area contributed by atoms with Crippen LogP contribution in [0, 0.1) is 13.8 Å². The van der Waals surface area contributed by atoms with E-state index in [1.807, 2.05) is 24.7 Å². The number of aryl methyl sites for hydroxylation is 3. The molecule has 0 radical (unpaired) electrons. The largest absolute Gasteiger partial charge is 0.249 e. The Morgan fingerprint density at radius 1 is 1.21 bits per heavy atom. The van der Waals surface area contributed by atoms with Crippen molar-refractivity contribution in [2.24, 2.45) is 7.05 Å². The second kappa shape index (κ2) is 3.25. The highest BCUT2D eigenvalue weighted by Gasteiger charge is 2.05. The van der Waals surface area contributed by atoms with Gasteiger partial charge in [-0.05, 0) is 19.9 Å². The lowest BCUT2D eigenvalue weighted by Crippen LogP contribution is -1.94. The fourth-order valence-corrected chi connectivity index (χ4v) is 1.55. The molecule has 0 N–H and O–H groups in total. The highest BCUT2D eigenvalue weighted by Crippen LogP contribution is 2.17. The zero-order valence-electron chi connectivity index (χ0n) is 8.65. The zero-order valence-corrected chi connectivity index (χ0v) is 8.65. The Morgan fingerprint density at radius 2 is 2.00 bits per heavy atom. The Labute approximate surface area is 83.4 Å². The third kappa shape index (κ3) is 1.53. The molecule has 0 aliphatic heterocycles. The first-order chi connectivity index (χ1) is 6.66. The molecule has 3 heteroatoms. The summed E-state index contributed by atoms with van der Waals surface area (Å²) in [4.78, 5) is 4.37. The van der Waals surface area contributed by atoms with Gasteiger partial charge in [-0.1, -0.05) is 23.8 Å². The Kier molecular flexibility index (Phi) is 2.08. The number of hydrogen-bond acceptors (Lipinski definition) is 2. The summed E-state index contributed by atoms with van der Waals surface area (Å²) in [7, 11) is 1.91. The minimum Gasteiger partial charge on any atom is -0.249 e. The Hall–Kier alpha value is -1.64. The maximum atomic E-state index is 4.37. The lowest BCUT2D eigenvalue weighted by atomic mass is 10.1. The molecular weight excluding hydrogens is 174 g/mol. The van der Waals surface area contributed by atoms with Crippen molar-refractivity contribution in [1.82, 2.24) is 14.8 Å². The average Bonchev–Trinajstić information content (AvgIpc) is 2.45. The number of nitrogens with zero attached hydrogens (tertiary/aromatic N) is 3. The van der Waals surface area contributed by atoms with Crippen molar-refractivity contribution in [2.75, 3.05) is 0 Å². The van der Waals surface area contributed by atoms with Crippen LogP contribution in [0.2, 0.25) is 0 Å². The fraction of sp³-hybridized carbons (Fsp3) is 0.273. The second-order valence-electron chi connectivity index (χ2n) is 3.48. The molecule has 0 amide bonds. The first-order valence-electron chi connectivity index (χ1n) is 4.61. The summed E-state index contributed by atoms with van der Waals surface area (Å²) >= 11 is 0. The van der Waals surface area contributed by atoms with Crippen molar-refractivity contribution in [2.45, 2.75) is 13.8 Å². The highest BCUT2D eigenvalue weighted by molar-refractivity contribution is 5.56. The molecule has 0 atom stereocenters. The third-order valence-electron chi connectivity index (χ3n) is 2.15. The SMILES string of the molecule is Cc1cccc(-c2nc(C)nn2C)c1. The van der Waals surface area contributed by atoms with Crippen molar-refractivity contribution >= 4 is 0 Å². The van der Waals surface area contributed by atoms with Crippen LogP contribution < -0.4 is 0 Å². The first-order valence-corrected chi connectivity index (χ1v) is 4.61. The normalized spacial score (nSPS) is 10.5. The van der Waals surface area contributed by atoms with Gasteiger partial charge in [0.2, 0.25) is 0 Å². The standard InChI is InChI=1S/C11H13N3/c1-8-5-4-6-10(7-8)11-12-9(2)13-14(11)3/h4-7H,1-3H3. The number of aromatic nitrogens is 3. The van der Waals surface area contributed by atoms with Crippen LogP contribution in [-0.4, -0.2) is 14.8 Å². The molecule has 2 aromatic rings. The van der Waals surface area contributed by atoms with Crippen molar-refractivity contribution < 1.29 is 0 Å². The molecule has 0 saturated carbocycles. The molecule has 0 aliphatic carbocycles. The summed E-state index contributed by atoms with van der Waals surface area (Å²) in [5, 5.41) is 4.22. The van der Waals surface area contributed by atoms with E-state index >= 15 is 0 Å². The van der Waals surface area contributed by atoms with Gasteiger partial charge in [0.05, 0.1) is 0 Å². The molecule has 1 heterocycles. The number of benzene rings is 1. The van der Waals surface area contributed by atoms with Gasteiger partial charge in [0.15, 0.2) is 5.82 Å². The average molecular weight is 187 g/mol. The molecule has 1 aromatic carbocycles. The van der Waals surface area contributed by atoms with Crippen LogP contribution in [0.25, 0.3) is 11.4 Å². The van der Waals surface area contributed by atoms with E-state index in [0.29, 0.717) is 0 Å². The van der Waals surface area contributed by atoms with E-state index in [9.17, 15) is 0 Å². The minimum atomic E-state index is 0.809. The van der Waals surface area contributed by atoms with Gasteiger partial charge in [0.25, 0.3) is 0 Å². The van der Waals surface area contributed by atoms with Crippen molar-refractivity contribution in [1.29, 1.82) is 0 Å². The van der Waals surface area contributed by atoms with Crippen LogP contribution in [0.15, 0.2) is 24.3 Å². The molecule has 72 valence electrons. The summed E-state index contributed by atoms with van der Waals surface area (Å²) in [5.74, 6) is 1.73. The van der Waals surface area contributed by atoms with Gasteiger partial charge >= 0.3 is 0 Å². The van der Waals surface area contributed by atoms with Crippen molar-refractivity contribution in [3.05, 3.63) is 35.7 Å². The van der Waals surface area contributed by atoms with Crippen LogP contribution in [0.4, 0.5) is 0 Å². The maximum Gasteiger partial charge on any atom is 0.158 e. The summed E-state index contributed by atoms with van der Waals surface area (Å²) in [6, 6.07) is 8.28. The van der Waals surface area contributed by atoms with E-state index in [-0.39, 0.29) is 0 Å². The van der Waals surface area contributed by atoms with Crippen LogP contribution >= 0.6 is 0 Å². The first kappa shape index (κ1) is 8.94. The lowest BCUT2D eigenvalue weighted by molar-refractivity contribution is 0.764. The van der Waals surface area contributed by atoms with Gasteiger partial charge in [0.1, 0.15) is 5.82 Å². The Balaban J connectivity index is 2.54. The number of rotatable bonds is 1. The monoisotopic (exact) mass is 187 g/mol. The Bertz CT molecular complexity index is 457. The van der Waals surface area contributed by atoms with Crippen LogP contribution in [-0.2, 0) is 7.05 Å². The highest BCUT2D eigenvalue weighted by atomic mass is 15.3. The summed E-state index contributed by atoms with van der Waals surface area (Å²) in [5.41, 5.74) is 2.36. The van der Waals surface area contributed by atoms with Gasteiger partial charge in [-0.25, -0.2) is 9.67 Å². The molecule has 0 aliphatic rings. The van der Waals surface area contributed by atoms with Crippen LogP contribution in [0.5, 0.6) is 0 Å². The van der Waals surface area contributed by atoms with Crippen LogP contribution in [0.3, 0.4) is 0 Å². The third-order valence-corrected chi connectivity index (χ3v) is 2.15. The van der Waals surface area contributed by atoms with Crippen molar-refractivity contribution in [3.63, 3.8) is 0 Å². The molecule has 1 aromatic heterocycles. The molecule has 0 fully saturated rings. The molecule has 14 heavy (non-hydrogen) atoms. The molecule has 3 nitrogen and oxygen atoms in total. The van der Waals surface area contributed by atoms with Gasteiger partial charge < -0.3 is 0 Å². The zero-order chi connectivity index (χ0) is 10.1. The molecule has 0 saturated heterocycles. The topological polar surface area (TPSA) is 30.7 Å². The van der Waals surface area contributed by atoms with Gasteiger partial charge in [0, 0.05) is 12.6 Å². The van der Waals surface area contributed by atoms with Gasteiger partial charge in [-0.15, -0.1) is 0 Å². The number of hydrogen-bond donors (Lipinski definition) is 0. The quantitative estimate of drug-likeness (QED) is 0.684. The molecular formula is C11H13N3. The van der Waals surface area contributed by atoms with E-state index in [1.54, 1.807) is 0 Å². The molecule has 0 bridgehead atoms. The Morgan fingerprint density at radius 3 is 2.57 bits per heavy atom. The van der Waals surface area contributed by atoms with Crippen molar-refractivity contribution in [3.8, 4) is 11.4 Å². The van der Waals surface area contributed by atoms with E-state index < -0.39 is 0 Å². The maximum absolute atomic E-state index is 4.37. The minimum absolute atomic E-state index is 0.809. The van der Waals surface area contributed by atoms with Gasteiger partial charge in [-0.2, -0.15) is 5.10 Å². The van der Waals surface area contributed by atoms with Crippen LogP contribution in [0.1, 0.15) is 11.4 Å². The fourth-order valence-electron chi connectivity index (χ4n) is 1.55. The van der Waals surface area contributed by atoms with E-state index in [2.05, 4.69) is 35.2 Å². The second-order valence-corrected chi connectivity index (χ2v) is 3.48. The van der Waals surface area contributed by atoms with E-state index in [1.165, 1.54) is 5.56 Å². The van der Waals surface area contributed by atoms with E-state index in [4.69, 9.17) is 0 Å². The predicted molar refractivity (Wildman–Crippen MR) is 55.9 cm³/mol. The summed E-state index contributed by atoms with van der Waals surface area (Å²) in [6.07, 6.45) is 0. The predicted octanol–water partition coefficient (Wildman–Crippen LogP) is 2.10. The molecule has 2 rings (SSSR count). The van der Waals surface area contributed by atoms with Gasteiger partial charge in [-0.3, -0.25) is 0 Å². The lowest BCUT2D eigenvalue weighted by Gasteiger charge is -2.00. The molecule has 0 spiro atoms. The molecule has 0 unspecified atom stereocenters. The smallest absolute Gasteiger partial charge is 0.158 e. The summed E-state index contributed by atoms with van der Waals surface area (Å²) < 4.78 is 1.81.